The maximum atomic E-state index is 5.67. The van der Waals surface area contributed by atoms with Crippen molar-refractivity contribution in [1.82, 2.24) is 4.98 Å². The predicted octanol–water partition coefficient (Wildman–Crippen LogP) is 2.79. The van der Waals surface area contributed by atoms with Gasteiger partial charge in [0.2, 0.25) is 5.06 Å². The molecule has 15 heavy (non-hydrogen) atoms. The highest BCUT2D eigenvalue weighted by Gasteiger charge is 2.11. The number of benzene rings is 1. The van der Waals surface area contributed by atoms with Gasteiger partial charge in [-0.3, -0.25) is 0 Å². The van der Waals surface area contributed by atoms with Crippen molar-refractivity contribution >= 4 is 16.5 Å². The number of hydrogen-bond acceptors (Lipinski definition) is 4. The molecule has 0 bridgehead atoms. The number of rotatable bonds is 3. The minimum Gasteiger partial charge on any atom is -0.483 e. The molecule has 1 aromatic carbocycles. The Morgan fingerprint density at radius 1 is 1.33 bits per heavy atom. The monoisotopic (exact) mass is 220 g/mol. The predicted molar refractivity (Wildman–Crippen MR) is 63.1 cm³/mol. The molecule has 0 aliphatic heterocycles. The minimum absolute atomic E-state index is 0.539. The third-order valence-corrected chi connectivity index (χ3v) is 2.73. The summed E-state index contributed by atoms with van der Waals surface area (Å²) in [6.07, 6.45) is 0. The van der Waals surface area contributed by atoms with Gasteiger partial charge in [-0.1, -0.05) is 41.7 Å². The van der Waals surface area contributed by atoms with Crippen LogP contribution in [0.1, 0.15) is 6.92 Å². The summed E-state index contributed by atoms with van der Waals surface area (Å²) in [5.41, 5.74) is 7.54. The molecule has 0 fully saturated rings. The molecule has 0 atom stereocenters. The molecule has 0 aliphatic carbocycles. The molecular weight excluding hydrogens is 208 g/mol. The number of nitrogens with two attached hydrogens (primary N) is 1. The molecule has 2 N–H and O–H groups in total. The fraction of sp³-hybridized carbons (Fsp3) is 0.182. The van der Waals surface area contributed by atoms with Gasteiger partial charge < -0.3 is 10.5 Å². The highest BCUT2D eigenvalue weighted by Crippen LogP contribution is 2.36. The summed E-state index contributed by atoms with van der Waals surface area (Å²) in [7, 11) is 0. The van der Waals surface area contributed by atoms with Crippen LogP contribution in [-0.4, -0.2) is 11.6 Å². The van der Waals surface area contributed by atoms with E-state index < -0.39 is 0 Å². The molecular formula is C11H12N2OS. The van der Waals surface area contributed by atoms with Gasteiger partial charge in [0.05, 0.1) is 6.61 Å². The van der Waals surface area contributed by atoms with Crippen molar-refractivity contribution in [3.8, 4) is 16.3 Å². The molecule has 0 amide bonds. The largest absolute Gasteiger partial charge is 0.483 e. The van der Waals surface area contributed by atoms with E-state index in [-0.39, 0.29) is 0 Å². The van der Waals surface area contributed by atoms with Crippen molar-refractivity contribution in [3.63, 3.8) is 0 Å². The van der Waals surface area contributed by atoms with Crippen molar-refractivity contribution in [2.75, 3.05) is 12.3 Å². The van der Waals surface area contributed by atoms with E-state index in [2.05, 4.69) is 4.98 Å². The van der Waals surface area contributed by atoms with Crippen LogP contribution in [0.2, 0.25) is 0 Å². The second kappa shape index (κ2) is 4.31. The molecule has 0 spiro atoms. The third kappa shape index (κ3) is 2.10. The normalized spacial score (nSPS) is 10.2. The van der Waals surface area contributed by atoms with Crippen molar-refractivity contribution in [2.24, 2.45) is 0 Å². The lowest BCUT2D eigenvalue weighted by Gasteiger charge is -2.01. The highest BCUT2D eigenvalue weighted by atomic mass is 32.1. The Hall–Kier alpha value is -1.55. The number of thiazole rings is 1. The van der Waals surface area contributed by atoms with E-state index in [1.807, 2.05) is 37.3 Å². The molecule has 0 saturated heterocycles. The number of ether oxygens (including phenoxy) is 1. The second-order valence-corrected chi connectivity index (χ2v) is 3.98. The van der Waals surface area contributed by atoms with Gasteiger partial charge in [0.25, 0.3) is 0 Å². The Balaban J connectivity index is 2.43. The van der Waals surface area contributed by atoms with Gasteiger partial charge in [0, 0.05) is 5.56 Å². The van der Waals surface area contributed by atoms with Gasteiger partial charge in [-0.05, 0) is 6.92 Å². The number of anilines is 1. The molecule has 1 heterocycles. The topological polar surface area (TPSA) is 48.1 Å². The van der Waals surface area contributed by atoms with E-state index in [4.69, 9.17) is 10.5 Å². The van der Waals surface area contributed by atoms with Crippen LogP contribution >= 0.6 is 11.3 Å². The summed E-state index contributed by atoms with van der Waals surface area (Å²) in [6, 6.07) is 9.91. The lowest BCUT2D eigenvalue weighted by atomic mass is 10.2. The first kappa shape index (κ1) is 9.98. The smallest absolute Gasteiger partial charge is 0.204 e. The summed E-state index contributed by atoms with van der Waals surface area (Å²) in [6.45, 7) is 2.58. The van der Waals surface area contributed by atoms with E-state index in [0.29, 0.717) is 11.7 Å². The maximum Gasteiger partial charge on any atom is 0.204 e. The van der Waals surface area contributed by atoms with Crippen LogP contribution in [0.15, 0.2) is 30.3 Å². The standard InChI is InChI=1S/C11H12N2OS/c1-2-14-10-9(13-11(12)15-10)8-6-4-3-5-7-8/h3-7H,2H2,1H3,(H2,12,13). The van der Waals surface area contributed by atoms with Gasteiger partial charge >= 0.3 is 0 Å². The molecule has 4 heteroatoms. The van der Waals surface area contributed by atoms with Crippen molar-refractivity contribution in [2.45, 2.75) is 6.92 Å². The molecule has 0 radical (unpaired) electrons. The lowest BCUT2D eigenvalue weighted by Crippen LogP contribution is -1.90. The van der Waals surface area contributed by atoms with Gasteiger partial charge in [0.15, 0.2) is 5.13 Å². The van der Waals surface area contributed by atoms with Gasteiger partial charge in [-0.25, -0.2) is 4.98 Å². The van der Waals surface area contributed by atoms with Crippen LogP contribution in [0.5, 0.6) is 5.06 Å². The molecule has 0 unspecified atom stereocenters. The first-order chi connectivity index (χ1) is 7.31. The van der Waals surface area contributed by atoms with Crippen molar-refractivity contribution in [1.29, 1.82) is 0 Å². The average molecular weight is 220 g/mol. The summed E-state index contributed by atoms with van der Waals surface area (Å²) < 4.78 is 5.49. The van der Waals surface area contributed by atoms with E-state index in [0.717, 1.165) is 16.3 Å². The summed E-state index contributed by atoms with van der Waals surface area (Å²) in [5.74, 6) is 0. The fourth-order valence-electron chi connectivity index (χ4n) is 1.33. The zero-order valence-electron chi connectivity index (χ0n) is 8.43. The number of aromatic nitrogens is 1. The Bertz CT molecular complexity index is 439. The Morgan fingerprint density at radius 2 is 2.07 bits per heavy atom. The number of hydrogen-bond donors (Lipinski definition) is 1. The summed E-state index contributed by atoms with van der Waals surface area (Å²) in [4.78, 5) is 4.27. The zero-order chi connectivity index (χ0) is 10.7. The number of nitrogens with zero attached hydrogens (tertiary/aromatic N) is 1. The van der Waals surface area contributed by atoms with Crippen LogP contribution in [-0.2, 0) is 0 Å². The first-order valence-corrected chi connectivity index (χ1v) is 5.57. The van der Waals surface area contributed by atoms with Crippen LogP contribution < -0.4 is 10.5 Å². The summed E-state index contributed by atoms with van der Waals surface area (Å²) >= 11 is 1.38. The number of nitrogen functional groups attached to an aromatic ring is 1. The lowest BCUT2D eigenvalue weighted by molar-refractivity contribution is 0.351. The van der Waals surface area contributed by atoms with Crippen LogP contribution in [0.3, 0.4) is 0 Å². The van der Waals surface area contributed by atoms with E-state index in [1.165, 1.54) is 11.3 Å². The van der Waals surface area contributed by atoms with Gasteiger partial charge in [-0.15, -0.1) is 0 Å². The Kier molecular flexibility index (Phi) is 2.87. The van der Waals surface area contributed by atoms with Crippen LogP contribution in [0, 0.1) is 0 Å². The highest BCUT2D eigenvalue weighted by molar-refractivity contribution is 7.17. The fourth-order valence-corrected chi connectivity index (χ4v) is 2.09. The molecule has 0 aliphatic rings. The minimum atomic E-state index is 0.539. The maximum absolute atomic E-state index is 5.67. The third-order valence-electron chi connectivity index (χ3n) is 1.94. The van der Waals surface area contributed by atoms with Crippen molar-refractivity contribution in [3.05, 3.63) is 30.3 Å². The second-order valence-electron chi connectivity index (χ2n) is 2.99. The first-order valence-electron chi connectivity index (χ1n) is 4.75. The van der Waals surface area contributed by atoms with Gasteiger partial charge in [-0.2, -0.15) is 0 Å². The summed E-state index contributed by atoms with van der Waals surface area (Å²) in [5, 5.41) is 1.33. The zero-order valence-corrected chi connectivity index (χ0v) is 9.25. The average Bonchev–Trinajstić information content (AvgIpc) is 2.62. The molecule has 2 rings (SSSR count). The van der Waals surface area contributed by atoms with E-state index >= 15 is 0 Å². The SMILES string of the molecule is CCOc1sc(N)nc1-c1ccccc1. The Labute approximate surface area is 92.5 Å². The molecule has 2 aromatic rings. The van der Waals surface area contributed by atoms with Crippen LogP contribution in [0.25, 0.3) is 11.3 Å². The Morgan fingerprint density at radius 3 is 2.73 bits per heavy atom. The van der Waals surface area contributed by atoms with Crippen molar-refractivity contribution < 1.29 is 4.74 Å². The molecule has 78 valence electrons. The van der Waals surface area contributed by atoms with E-state index in [9.17, 15) is 0 Å². The van der Waals surface area contributed by atoms with Crippen LogP contribution in [0.4, 0.5) is 5.13 Å². The molecule has 0 saturated carbocycles. The molecule has 3 nitrogen and oxygen atoms in total. The molecule has 1 aromatic heterocycles. The quantitative estimate of drug-likeness (QED) is 0.865. The van der Waals surface area contributed by atoms with E-state index in [1.54, 1.807) is 0 Å². The van der Waals surface area contributed by atoms with Gasteiger partial charge in [0.1, 0.15) is 5.69 Å².